The van der Waals surface area contributed by atoms with Gasteiger partial charge in [0, 0.05) is 0 Å². The Morgan fingerprint density at radius 1 is 0.923 bits per heavy atom. The van der Waals surface area contributed by atoms with Gasteiger partial charge in [-0.2, -0.15) is 0 Å². The van der Waals surface area contributed by atoms with Crippen molar-refractivity contribution < 1.29 is 13.9 Å². The average Bonchev–Trinajstić information content (AvgIpc) is 3.12. The minimum Gasteiger partial charge on any atom is -0.484 e. The normalized spacial score (nSPS) is 10.6. The Bertz CT molecular complexity index is 1010. The number of ether oxygens (including phenoxy) is 1. The Kier molecular flexibility index (Phi) is 4.35. The molecule has 1 N–H and O–H groups in total. The van der Waals surface area contributed by atoms with E-state index in [4.69, 9.17) is 9.15 Å². The standard InChI is InChI=1S/C21H16N2O3/c24-20(14-25-15-8-2-1-3-9-15)22-17-11-5-4-10-16(17)21-23-18-12-6-7-13-19(18)26-21/h1-13H,14H2,(H,22,24). The van der Waals surface area contributed by atoms with Crippen LogP contribution < -0.4 is 10.1 Å². The number of aromatic nitrogens is 1. The van der Waals surface area contributed by atoms with E-state index >= 15 is 0 Å². The summed E-state index contributed by atoms with van der Waals surface area (Å²) >= 11 is 0. The van der Waals surface area contributed by atoms with Gasteiger partial charge in [-0.15, -0.1) is 0 Å². The number of benzene rings is 3. The van der Waals surface area contributed by atoms with Gasteiger partial charge in [-0.25, -0.2) is 4.98 Å². The van der Waals surface area contributed by atoms with E-state index in [9.17, 15) is 4.79 Å². The van der Waals surface area contributed by atoms with Crippen LogP contribution in [0.1, 0.15) is 0 Å². The second-order valence-corrected chi connectivity index (χ2v) is 5.68. The van der Waals surface area contributed by atoms with Crippen LogP contribution in [0.5, 0.6) is 5.75 Å². The van der Waals surface area contributed by atoms with E-state index in [-0.39, 0.29) is 12.5 Å². The Labute approximate surface area is 150 Å². The molecule has 0 spiro atoms. The first-order chi connectivity index (χ1) is 12.8. The molecule has 0 aliphatic rings. The summed E-state index contributed by atoms with van der Waals surface area (Å²) in [5.74, 6) is 0.860. The third-order valence-corrected chi connectivity index (χ3v) is 3.84. The first kappa shape index (κ1) is 15.9. The molecule has 4 rings (SSSR count). The van der Waals surface area contributed by atoms with Gasteiger partial charge in [-0.05, 0) is 36.4 Å². The number of oxazole rings is 1. The Morgan fingerprint density at radius 2 is 1.65 bits per heavy atom. The summed E-state index contributed by atoms with van der Waals surface area (Å²) in [6.45, 7) is -0.0775. The maximum Gasteiger partial charge on any atom is 0.262 e. The van der Waals surface area contributed by atoms with Gasteiger partial charge in [0.15, 0.2) is 12.2 Å². The number of rotatable bonds is 5. The van der Waals surface area contributed by atoms with Crippen LogP contribution in [-0.2, 0) is 4.79 Å². The molecule has 1 amide bonds. The highest BCUT2D eigenvalue weighted by Gasteiger charge is 2.14. The van der Waals surface area contributed by atoms with Gasteiger partial charge in [0.25, 0.3) is 5.91 Å². The lowest BCUT2D eigenvalue weighted by molar-refractivity contribution is -0.118. The van der Waals surface area contributed by atoms with Crippen molar-refractivity contribution >= 4 is 22.7 Å². The van der Waals surface area contributed by atoms with Crippen LogP contribution in [0.2, 0.25) is 0 Å². The molecular formula is C21H16N2O3. The number of hydrogen-bond acceptors (Lipinski definition) is 4. The number of fused-ring (bicyclic) bond motifs is 1. The van der Waals surface area contributed by atoms with E-state index in [1.165, 1.54) is 0 Å². The van der Waals surface area contributed by atoms with Gasteiger partial charge < -0.3 is 14.5 Å². The topological polar surface area (TPSA) is 64.4 Å². The van der Waals surface area contributed by atoms with E-state index in [1.807, 2.05) is 66.7 Å². The van der Waals surface area contributed by atoms with Crippen LogP contribution in [0.15, 0.2) is 83.3 Å². The highest BCUT2D eigenvalue weighted by Crippen LogP contribution is 2.29. The molecule has 4 aromatic rings. The molecule has 1 heterocycles. The van der Waals surface area contributed by atoms with Crippen LogP contribution in [0, 0.1) is 0 Å². The summed E-state index contributed by atoms with van der Waals surface area (Å²) in [4.78, 5) is 16.7. The Hall–Kier alpha value is -3.60. The van der Waals surface area contributed by atoms with Crippen molar-refractivity contribution in [3.63, 3.8) is 0 Å². The van der Waals surface area contributed by atoms with E-state index in [2.05, 4.69) is 10.3 Å². The van der Waals surface area contributed by atoms with Gasteiger partial charge in [-0.1, -0.05) is 42.5 Å². The summed E-state index contributed by atoms with van der Waals surface area (Å²) in [6, 6.07) is 24.2. The van der Waals surface area contributed by atoms with Crippen molar-refractivity contribution in [3.8, 4) is 17.2 Å². The molecule has 0 saturated heterocycles. The van der Waals surface area contributed by atoms with Crippen molar-refractivity contribution in [1.29, 1.82) is 0 Å². The molecule has 3 aromatic carbocycles. The largest absolute Gasteiger partial charge is 0.484 e. The zero-order valence-corrected chi connectivity index (χ0v) is 13.9. The molecule has 128 valence electrons. The number of carbonyl (C=O) groups excluding carboxylic acids is 1. The van der Waals surface area contributed by atoms with Crippen molar-refractivity contribution in [3.05, 3.63) is 78.9 Å². The van der Waals surface area contributed by atoms with E-state index in [1.54, 1.807) is 12.1 Å². The molecular weight excluding hydrogens is 328 g/mol. The predicted octanol–water partition coefficient (Wildman–Crippen LogP) is 4.51. The molecule has 0 aliphatic heterocycles. The molecule has 1 aromatic heterocycles. The molecule has 0 unspecified atom stereocenters. The van der Waals surface area contributed by atoms with Gasteiger partial charge in [0.05, 0.1) is 11.3 Å². The maximum absolute atomic E-state index is 12.3. The van der Waals surface area contributed by atoms with Crippen LogP contribution >= 0.6 is 0 Å². The number of para-hydroxylation sites is 4. The SMILES string of the molecule is O=C(COc1ccccc1)Nc1ccccc1-c1nc2ccccc2o1. The van der Waals surface area contributed by atoms with Gasteiger partial charge in [-0.3, -0.25) is 4.79 Å². The first-order valence-electron chi connectivity index (χ1n) is 8.22. The quantitative estimate of drug-likeness (QED) is 0.578. The lowest BCUT2D eigenvalue weighted by atomic mass is 10.1. The van der Waals surface area contributed by atoms with Gasteiger partial charge in [0.1, 0.15) is 11.3 Å². The van der Waals surface area contributed by atoms with Crippen LogP contribution in [0.25, 0.3) is 22.6 Å². The minimum atomic E-state index is -0.252. The number of hydrogen-bond donors (Lipinski definition) is 1. The number of carbonyl (C=O) groups is 1. The number of nitrogens with zero attached hydrogens (tertiary/aromatic N) is 1. The van der Waals surface area contributed by atoms with Gasteiger partial charge >= 0.3 is 0 Å². The predicted molar refractivity (Wildman–Crippen MR) is 100 cm³/mol. The van der Waals surface area contributed by atoms with Crippen LogP contribution in [0.4, 0.5) is 5.69 Å². The van der Waals surface area contributed by atoms with Crippen LogP contribution in [0.3, 0.4) is 0 Å². The lowest BCUT2D eigenvalue weighted by Gasteiger charge is -2.10. The molecule has 5 heteroatoms. The third-order valence-electron chi connectivity index (χ3n) is 3.84. The summed E-state index contributed by atoms with van der Waals surface area (Å²) < 4.78 is 11.3. The number of anilines is 1. The molecule has 0 bridgehead atoms. The summed E-state index contributed by atoms with van der Waals surface area (Å²) in [7, 11) is 0. The summed E-state index contributed by atoms with van der Waals surface area (Å²) in [5.41, 5.74) is 2.82. The van der Waals surface area contributed by atoms with Crippen molar-refractivity contribution in [2.24, 2.45) is 0 Å². The molecule has 0 atom stereocenters. The second-order valence-electron chi connectivity index (χ2n) is 5.68. The second kappa shape index (κ2) is 7.11. The molecule has 0 radical (unpaired) electrons. The minimum absolute atomic E-state index is 0.0775. The molecule has 0 fully saturated rings. The molecule has 5 nitrogen and oxygen atoms in total. The highest BCUT2D eigenvalue weighted by atomic mass is 16.5. The monoisotopic (exact) mass is 344 g/mol. The average molecular weight is 344 g/mol. The highest BCUT2D eigenvalue weighted by molar-refractivity contribution is 5.95. The molecule has 0 aliphatic carbocycles. The molecule has 26 heavy (non-hydrogen) atoms. The fraction of sp³-hybridized carbons (Fsp3) is 0.0476. The summed E-state index contributed by atoms with van der Waals surface area (Å²) in [5, 5.41) is 2.86. The maximum atomic E-state index is 12.3. The van der Waals surface area contributed by atoms with Crippen LogP contribution in [-0.4, -0.2) is 17.5 Å². The zero-order valence-electron chi connectivity index (χ0n) is 13.9. The molecule has 0 saturated carbocycles. The number of amides is 1. The van der Waals surface area contributed by atoms with Gasteiger partial charge in [0.2, 0.25) is 5.89 Å². The Morgan fingerprint density at radius 3 is 2.50 bits per heavy atom. The van der Waals surface area contributed by atoms with E-state index < -0.39 is 0 Å². The fourth-order valence-electron chi connectivity index (χ4n) is 2.62. The van der Waals surface area contributed by atoms with Crippen molar-refractivity contribution in [2.75, 3.05) is 11.9 Å². The first-order valence-corrected chi connectivity index (χ1v) is 8.22. The lowest BCUT2D eigenvalue weighted by Crippen LogP contribution is -2.20. The fourth-order valence-corrected chi connectivity index (χ4v) is 2.62. The van der Waals surface area contributed by atoms with E-state index in [0.717, 1.165) is 11.1 Å². The third kappa shape index (κ3) is 3.42. The smallest absolute Gasteiger partial charge is 0.262 e. The van der Waals surface area contributed by atoms with Crippen molar-refractivity contribution in [2.45, 2.75) is 0 Å². The Balaban J connectivity index is 1.53. The van der Waals surface area contributed by atoms with Crippen molar-refractivity contribution in [1.82, 2.24) is 4.98 Å². The zero-order chi connectivity index (χ0) is 17.8. The summed E-state index contributed by atoms with van der Waals surface area (Å²) in [6.07, 6.45) is 0. The van der Waals surface area contributed by atoms with E-state index in [0.29, 0.717) is 22.9 Å². The number of nitrogens with one attached hydrogen (secondary N) is 1.